The first-order chi connectivity index (χ1) is 11.0. The lowest BCUT2D eigenvalue weighted by Gasteiger charge is -2.08. The summed E-state index contributed by atoms with van der Waals surface area (Å²) in [6, 6.07) is 5.35. The molecule has 0 fully saturated rings. The number of hydrogen-bond acceptors (Lipinski definition) is 7. The van der Waals surface area contributed by atoms with Gasteiger partial charge in [0.25, 0.3) is 5.91 Å². The summed E-state index contributed by atoms with van der Waals surface area (Å²) >= 11 is 1.22. The third kappa shape index (κ3) is 4.49. The number of nitrogens with zero attached hydrogens (tertiary/aromatic N) is 2. The molecule has 0 aliphatic carbocycles. The maximum Gasteiger partial charge on any atom is 0.305 e. The molecule has 8 heteroatoms. The molecule has 1 aromatic carbocycles. The SMILES string of the molecule is COC(=O)CCc1nnc(NC(=O)c2cc(C)ccc2OC)s1. The maximum absolute atomic E-state index is 12.3. The number of esters is 1. The smallest absolute Gasteiger partial charge is 0.305 e. The first-order valence-corrected chi connectivity index (χ1v) is 7.70. The molecule has 0 unspecified atom stereocenters. The topological polar surface area (TPSA) is 90.4 Å². The number of hydrogen-bond donors (Lipinski definition) is 1. The first-order valence-electron chi connectivity index (χ1n) is 6.88. The monoisotopic (exact) mass is 335 g/mol. The van der Waals surface area contributed by atoms with Crippen LogP contribution in [0.4, 0.5) is 5.13 Å². The highest BCUT2D eigenvalue weighted by Gasteiger charge is 2.15. The average Bonchev–Trinajstić information content (AvgIpc) is 2.99. The van der Waals surface area contributed by atoms with Crippen LogP contribution in [0.15, 0.2) is 18.2 Å². The van der Waals surface area contributed by atoms with E-state index in [4.69, 9.17) is 4.74 Å². The second kappa shape index (κ2) is 7.68. The molecule has 0 atom stereocenters. The van der Waals surface area contributed by atoms with Crippen molar-refractivity contribution in [2.45, 2.75) is 19.8 Å². The Morgan fingerprint density at radius 3 is 2.74 bits per heavy atom. The minimum absolute atomic E-state index is 0.227. The summed E-state index contributed by atoms with van der Waals surface area (Å²) in [5.74, 6) is -0.139. The molecule has 0 bridgehead atoms. The number of nitrogens with one attached hydrogen (secondary N) is 1. The van der Waals surface area contributed by atoms with E-state index in [9.17, 15) is 9.59 Å². The van der Waals surface area contributed by atoms with Gasteiger partial charge in [-0.05, 0) is 19.1 Å². The number of ether oxygens (including phenoxy) is 2. The van der Waals surface area contributed by atoms with E-state index >= 15 is 0 Å². The normalized spacial score (nSPS) is 10.2. The van der Waals surface area contributed by atoms with Crippen molar-refractivity contribution in [1.82, 2.24) is 10.2 Å². The van der Waals surface area contributed by atoms with Gasteiger partial charge >= 0.3 is 5.97 Å². The van der Waals surface area contributed by atoms with E-state index in [1.807, 2.05) is 13.0 Å². The van der Waals surface area contributed by atoms with Gasteiger partial charge in [-0.15, -0.1) is 10.2 Å². The lowest BCUT2D eigenvalue weighted by molar-refractivity contribution is -0.140. The van der Waals surface area contributed by atoms with Crippen molar-refractivity contribution in [3.05, 3.63) is 34.3 Å². The highest BCUT2D eigenvalue weighted by atomic mass is 32.1. The molecule has 1 amide bonds. The molecule has 122 valence electrons. The van der Waals surface area contributed by atoms with E-state index < -0.39 is 0 Å². The van der Waals surface area contributed by atoms with Gasteiger partial charge in [0.05, 0.1) is 26.2 Å². The van der Waals surface area contributed by atoms with Gasteiger partial charge in [0, 0.05) is 6.42 Å². The van der Waals surface area contributed by atoms with Crippen molar-refractivity contribution < 1.29 is 19.1 Å². The van der Waals surface area contributed by atoms with E-state index in [-0.39, 0.29) is 18.3 Å². The van der Waals surface area contributed by atoms with Gasteiger partial charge in [0.15, 0.2) is 0 Å². The van der Waals surface area contributed by atoms with Crippen LogP contribution in [0.5, 0.6) is 5.75 Å². The number of aryl methyl sites for hydroxylation is 2. The number of amides is 1. The number of carbonyl (C=O) groups excluding carboxylic acids is 2. The molecular weight excluding hydrogens is 318 g/mol. The molecule has 2 rings (SSSR count). The largest absolute Gasteiger partial charge is 0.496 e. The highest BCUT2D eigenvalue weighted by molar-refractivity contribution is 7.15. The Bertz CT molecular complexity index is 714. The van der Waals surface area contributed by atoms with Crippen molar-refractivity contribution >= 4 is 28.3 Å². The minimum Gasteiger partial charge on any atom is -0.496 e. The second-order valence-electron chi connectivity index (χ2n) is 4.73. The fourth-order valence-corrected chi connectivity index (χ4v) is 2.61. The van der Waals surface area contributed by atoms with Crippen LogP contribution in [0.25, 0.3) is 0 Å². The molecular formula is C15H17N3O4S. The summed E-state index contributed by atoms with van der Waals surface area (Å²) in [6.45, 7) is 1.89. The molecule has 1 N–H and O–H groups in total. The number of methoxy groups -OCH3 is 2. The summed E-state index contributed by atoms with van der Waals surface area (Å²) in [4.78, 5) is 23.4. The molecule has 0 saturated carbocycles. The second-order valence-corrected chi connectivity index (χ2v) is 5.80. The zero-order valence-corrected chi connectivity index (χ0v) is 13.9. The van der Waals surface area contributed by atoms with Crippen LogP contribution >= 0.6 is 11.3 Å². The number of benzene rings is 1. The van der Waals surface area contributed by atoms with E-state index in [0.29, 0.717) is 27.9 Å². The molecule has 0 spiro atoms. The van der Waals surface area contributed by atoms with Gasteiger partial charge in [-0.3, -0.25) is 14.9 Å². The van der Waals surface area contributed by atoms with Gasteiger partial charge in [0.2, 0.25) is 5.13 Å². The lowest BCUT2D eigenvalue weighted by Crippen LogP contribution is -2.13. The maximum atomic E-state index is 12.3. The number of rotatable bonds is 6. The summed E-state index contributed by atoms with van der Waals surface area (Å²) in [6.07, 6.45) is 0.652. The zero-order chi connectivity index (χ0) is 16.8. The van der Waals surface area contributed by atoms with Gasteiger partial charge < -0.3 is 9.47 Å². The molecule has 0 radical (unpaired) electrons. The van der Waals surface area contributed by atoms with Crippen LogP contribution in [0.3, 0.4) is 0 Å². The highest BCUT2D eigenvalue weighted by Crippen LogP contribution is 2.22. The van der Waals surface area contributed by atoms with Crippen LogP contribution in [0.2, 0.25) is 0 Å². The minimum atomic E-state index is -0.318. The molecule has 2 aromatic rings. The zero-order valence-electron chi connectivity index (χ0n) is 13.1. The Morgan fingerprint density at radius 1 is 1.26 bits per heavy atom. The Morgan fingerprint density at radius 2 is 2.04 bits per heavy atom. The molecule has 0 aliphatic rings. The average molecular weight is 335 g/mol. The van der Waals surface area contributed by atoms with Crippen LogP contribution < -0.4 is 10.1 Å². The number of aromatic nitrogens is 2. The standard InChI is InChI=1S/C15H17N3O4S/c1-9-4-5-11(21-2)10(8-9)14(20)16-15-18-17-12(23-15)6-7-13(19)22-3/h4-5,8H,6-7H2,1-3H3,(H,16,18,20). The molecule has 23 heavy (non-hydrogen) atoms. The van der Waals surface area contributed by atoms with Crippen molar-refractivity contribution in [2.24, 2.45) is 0 Å². The molecule has 7 nitrogen and oxygen atoms in total. The van der Waals surface area contributed by atoms with Gasteiger partial charge in [-0.2, -0.15) is 0 Å². The van der Waals surface area contributed by atoms with Crippen LogP contribution in [0, 0.1) is 6.92 Å². The van der Waals surface area contributed by atoms with E-state index in [0.717, 1.165) is 5.56 Å². The first kappa shape index (κ1) is 16.9. The van der Waals surface area contributed by atoms with E-state index in [1.54, 1.807) is 12.1 Å². The molecule has 0 saturated heterocycles. The Balaban J connectivity index is 2.05. The van der Waals surface area contributed by atoms with Gasteiger partial charge in [0.1, 0.15) is 10.8 Å². The fraction of sp³-hybridized carbons (Fsp3) is 0.333. The summed E-state index contributed by atoms with van der Waals surface area (Å²) in [7, 11) is 2.85. The van der Waals surface area contributed by atoms with Crippen LogP contribution in [-0.4, -0.2) is 36.3 Å². The van der Waals surface area contributed by atoms with Crippen LogP contribution in [-0.2, 0) is 16.0 Å². The Hall–Kier alpha value is -2.48. The number of carbonyl (C=O) groups is 2. The fourth-order valence-electron chi connectivity index (χ4n) is 1.88. The predicted octanol–water partition coefficient (Wildman–Crippen LogP) is 2.21. The third-order valence-corrected chi connectivity index (χ3v) is 3.96. The van der Waals surface area contributed by atoms with Crippen molar-refractivity contribution in [2.75, 3.05) is 19.5 Å². The van der Waals surface area contributed by atoms with E-state index in [2.05, 4.69) is 20.3 Å². The number of anilines is 1. The molecule has 1 aromatic heterocycles. The Labute approximate surface area is 137 Å². The van der Waals surface area contributed by atoms with E-state index in [1.165, 1.54) is 25.6 Å². The molecule has 0 aliphatic heterocycles. The summed E-state index contributed by atoms with van der Waals surface area (Å²) in [5, 5.41) is 11.6. The van der Waals surface area contributed by atoms with Crippen molar-refractivity contribution in [1.29, 1.82) is 0 Å². The lowest BCUT2D eigenvalue weighted by atomic mass is 10.1. The van der Waals surface area contributed by atoms with Crippen molar-refractivity contribution in [3.63, 3.8) is 0 Å². The third-order valence-electron chi connectivity index (χ3n) is 3.06. The summed E-state index contributed by atoms with van der Waals surface area (Å²) in [5.41, 5.74) is 1.38. The predicted molar refractivity (Wildman–Crippen MR) is 85.9 cm³/mol. The van der Waals surface area contributed by atoms with Gasteiger partial charge in [-0.25, -0.2) is 0 Å². The van der Waals surface area contributed by atoms with Crippen molar-refractivity contribution in [3.8, 4) is 5.75 Å². The quantitative estimate of drug-likeness (QED) is 0.814. The molecule has 1 heterocycles. The van der Waals surface area contributed by atoms with Gasteiger partial charge in [-0.1, -0.05) is 23.0 Å². The van der Waals surface area contributed by atoms with Crippen LogP contribution in [0.1, 0.15) is 27.3 Å². The Kier molecular flexibility index (Phi) is 5.64. The summed E-state index contributed by atoms with van der Waals surface area (Å²) < 4.78 is 9.77.